The standard InChI is InChI=1S/C16H24FN3O/c1-12(18)16(13-7-3-4-8-14(13)17)19(2)11-15(21)20-9-5-6-10-20/h3-4,7-8,12,16H,5-6,9-11,18H2,1-2H3. The number of carbonyl (C=O) groups excluding carboxylic acids is 1. The first-order valence-corrected chi connectivity index (χ1v) is 7.48. The van der Waals surface area contributed by atoms with E-state index in [2.05, 4.69) is 0 Å². The molecular weight excluding hydrogens is 269 g/mol. The number of rotatable bonds is 5. The molecule has 116 valence electrons. The summed E-state index contributed by atoms with van der Waals surface area (Å²) in [6.07, 6.45) is 2.14. The van der Waals surface area contributed by atoms with Crippen molar-refractivity contribution >= 4 is 5.91 Å². The molecule has 2 N–H and O–H groups in total. The second-order valence-electron chi connectivity index (χ2n) is 5.83. The molecule has 1 heterocycles. The molecule has 0 spiro atoms. The Morgan fingerprint density at radius 3 is 2.57 bits per heavy atom. The normalized spacial score (nSPS) is 18.0. The molecule has 1 aliphatic heterocycles. The van der Waals surface area contributed by atoms with Gasteiger partial charge in [0.05, 0.1) is 12.6 Å². The molecule has 0 aliphatic carbocycles. The third-order valence-corrected chi connectivity index (χ3v) is 4.04. The van der Waals surface area contributed by atoms with Crippen molar-refractivity contribution in [2.75, 3.05) is 26.7 Å². The fourth-order valence-corrected chi connectivity index (χ4v) is 3.02. The Labute approximate surface area is 125 Å². The van der Waals surface area contributed by atoms with Crippen molar-refractivity contribution in [3.63, 3.8) is 0 Å². The van der Waals surface area contributed by atoms with Gasteiger partial charge in [-0.25, -0.2) is 4.39 Å². The van der Waals surface area contributed by atoms with Crippen LogP contribution in [-0.4, -0.2) is 48.4 Å². The van der Waals surface area contributed by atoms with Gasteiger partial charge in [0.2, 0.25) is 5.91 Å². The van der Waals surface area contributed by atoms with E-state index in [4.69, 9.17) is 5.73 Å². The van der Waals surface area contributed by atoms with Crippen molar-refractivity contribution in [3.8, 4) is 0 Å². The van der Waals surface area contributed by atoms with Gasteiger partial charge in [-0.2, -0.15) is 0 Å². The molecule has 5 heteroatoms. The van der Waals surface area contributed by atoms with Crippen LogP contribution in [0.4, 0.5) is 4.39 Å². The summed E-state index contributed by atoms with van der Waals surface area (Å²) in [7, 11) is 1.83. The van der Waals surface area contributed by atoms with Crippen LogP contribution in [0.25, 0.3) is 0 Å². The van der Waals surface area contributed by atoms with Crippen LogP contribution in [0.3, 0.4) is 0 Å². The average molecular weight is 293 g/mol. The SMILES string of the molecule is CC(N)C(c1ccccc1F)N(C)CC(=O)N1CCCC1. The second-order valence-corrected chi connectivity index (χ2v) is 5.83. The van der Waals surface area contributed by atoms with Gasteiger partial charge in [0, 0.05) is 24.7 Å². The molecule has 2 atom stereocenters. The van der Waals surface area contributed by atoms with Crippen LogP contribution in [0.5, 0.6) is 0 Å². The summed E-state index contributed by atoms with van der Waals surface area (Å²) in [5, 5.41) is 0. The molecule has 1 fully saturated rings. The van der Waals surface area contributed by atoms with Gasteiger partial charge in [0.15, 0.2) is 0 Å². The van der Waals surface area contributed by atoms with Gasteiger partial charge in [0.1, 0.15) is 5.82 Å². The smallest absolute Gasteiger partial charge is 0.236 e. The Morgan fingerprint density at radius 2 is 2.00 bits per heavy atom. The molecule has 2 rings (SSSR count). The number of carbonyl (C=O) groups is 1. The van der Waals surface area contributed by atoms with E-state index in [1.54, 1.807) is 18.2 Å². The zero-order valence-electron chi connectivity index (χ0n) is 12.8. The van der Waals surface area contributed by atoms with E-state index in [1.807, 2.05) is 23.8 Å². The quantitative estimate of drug-likeness (QED) is 0.900. The van der Waals surface area contributed by atoms with Crippen LogP contribution >= 0.6 is 0 Å². The van der Waals surface area contributed by atoms with Gasteiger partial charge >= 0.3 is 0 Å². The van der Waals surface area contributed by atoms with Crippen molar-refractivity contribution in [2.45, 2.75) is 31.8 Å². The van der Waals surface area contributed by atoms with E-state index in [0.717, 1.165) is 25.9 Å². The van der Waals surface area contributed by atoms with Crippen LogP contribution in [0.2, 0.25) is 0 Å². The topological polar surface area (TPSA) is 49.6 Å². The zero-order valence-corrected chi connectivity index (χ0v) is 12.8. The molecule has 1 amide bonds. The Bertz CT molecular complexity index is 486. The summed E-state index contributed by atoms with van der Waals surface area (Å²) in [5.74, 6) is -0.183. The predicted octanol–water partition coefficient (Wildman–Crippen LogP) is 1.77. The second kappa shape index (κ2) is 7.00. The number of halogens is 1. The predicted molar refractivity (Wildman–Crippen MR) is 81.2 cm³/mol. The third-order valence-electron chi connectivity index (χ3n) is 4.04. The minimum Gasteiger partial charge on any atom is -0.342 e. The van der Waals surface area contributed by atoms with Gasteiger partial charge in [-0.1, -0.05) is 18.2 Å². The number of hydrogen-bond donors (Lipinski definition) is 1. The van der Waals surface area contributed by atoms with Crippen molar-refractivity contribution < 1.29 is 9.18 Å². The molecule has 1 aromatic rings. The van der Waals surface area contributed by atoms with E-state index >= 15 is 0 Å². The van der Waals surface area contributed by atoms with E-state index in [1.165, 1.54) is 6.07 Å². The van der Waals surface area contributed by atoms with E-state index in [9.17, 15) is 9.18 Å². The lowest BCUT2D eigenvalue weighted by molar-refractivity contribution is -0.131. The fourth-order valence-electron chi connectivity index (χ4n) is 3.02. The molecule has 1 aliphatic rings. The maximum atomic E-state index is 14.0. The highest BCUT2D eigenvalue weighted by Crippen LogP contribution is 2.25. The summed E-state index contributed by atoms with van der Waals surface area (Å²) in [4.78, 5) is 16.0. The molecule has 0 saturated carbocycles. The fraction of sp³-hybridized carbons (Fsp3) is 0.562. The first-order valence-electron chi connectivity index (χ1n) is 7.48. The first kappa shape index (κ1) is 15.9. The Morgan fingerprint density at radius 1 is 1.38 bits per heavy atom. The van der Waals surface area contributed by atoms with Crippen LogP contribution in [0, 0.1) is 5.82 Å². The molecule has 0 radical (unpaired) electrons. The maximum Gasteiger partial charge on any atom is 0.236 e. The Hall–Kier alpha value is -1.46. The number of nitrogens with two attached hydrogens (primary N) is 1. The van der Waals surface area contributed by atoms with Gasteiger partial charge in [-0.05, 0) is 32.9 Å². The summed E-state index contributed by atoms with van der Waals surface area (Å²) >= 11 is 0. The molecule has 0 bridgehead atoms. The molecule has 1 saturated heterocycles. The molecule has 4 nitrogen and oxygen atoms in total. The van der Waals surface area contributed by atoms with Crippen LogP contribution in [0.15, 0.2) is 24.3 Å². The van der Waals surface area contributed by atoms with Gasteiger partial charge in [0.25, 0.3) is 0 Å². The maximum absolute atomic E-state index is 14.0. The number of likely N-dealkylation sites (N-methyl/N-ethyl adjacent to an activating group) is 1. The minimum atomic E-state index is -0.308. The van der Waals surface area contributed by atoms with E-state index in [-0.39, 0.29) is 30.4 Å². The minimum absolute atomic E-state index is 0.0944. The van der Waals surface area contributed by atoms with Crippen LogP contribution in [0.1, 0.15) is 31.4 Å². The lowest BCUT2D eigenvalue weighted by Gasteiger charge is -2.32. The highest BCUT2D eigenvalue weighted by molar-refractivity contribution is 5.78. The van der Waals surface area contributed by atoms with Gasteiger partial charge < -0.3 is 10.6 Å². The largest absolute Gasteiger partial charge is 0.342 e. The lowest BCUT2D eigenvalue weighted by Crippen LogP contribution is -2.43. The number of likely N-dealkylation sites (tertiary alicyclic amines) is 1. The average Bonchev–Trinajstić information content (AvgIpc) is 2.95. The molecular formula is C16H24FN3O. The molecule has 21 heavy (non-hydrogen) atoms. The van der Waals surface area contributed by atoms with E-state index < -0.39 is 0 Å². The van der Waals surface area contributed by atoms with E-state index in [0.29, 0.717) is 5.56 Å². The van der Waals surface area contributed by atoms with Crippen LogP contribution in [-0.2, 0) is 4.79 Å². The van der Waals surface area contributed by atoms with Gasteiger partial charge in [-0.15, -0.1) is 0 Å². The summed E-state index contributed by atoms with van der Waals surface area (Å²) in [6.45, 7) is 3.76. The highest BCUT2D eigenvalue weighted by Gasteiger charge is 2.27. The van der Waals surface area contributed by atoms with Crippen molar-refractivity contribution in [1.29, 1.82) is 0 Å². The summed E-state index contributed by atoms with van der Waals surface area (Å²) in [6, 6.07) is 6.05. The monoisotopic (exact) mass is 293 g/mol. The lowest BCUT2D eigenvalue weighted by atomic mass is 9.99. The van der Waals surface area contributed by atoms with Crippen molar-refractivity contribution in [2.24, 2.45) is 5.73 Å². The summed E-state index contributed by atoms with van der Waals surface area (Å²) < 4.78 is 14.0. The number of benzene rings is 1. The zero-order chi connectivity index (χ0) is 15.4. The first-order chi connectivity index (χ1) is 10.0. The van der Waals surface area contributed by atoms with Crippen LogP contribution < -0.4 is 5.73 Å². The molecule has 2 unspecified atom stereocenters. The number of nitrogens with zero attached hydrogens (tertiary/aromatic N) is 2. The van der Waals surface area contributed by atoms with Gasteiger partial charge in [-0.3, -0.25) is 9.69 Å². The third kappa shape index (κ3) is 3.80. The Kier molecular flexibility index (Phi) is 5.31. The number of amides is 1. The highest BCUT2D eigenvalue weighted by atomic mass is 19.1. The Balaban J connectivity index is 2.11. The number of hydrogen-bond acceptors (Lipinski definition) is 3. The summed E-state index contributed by atoms with van der Waals surface area (Å²) in [5.41, 5.74) is 6.58. The molecule has 1 aromatic carbocycles. The molecule has 0 aromatic heterocycles. The van der Waals surface area contributed by atoms with Crippen molar-refractivity contribution in [3.05, 3.63) is 35.6 Å². The van der Waals surface area contributed by atoms with Crippen molar-refractivity contribution in [1.82, 2.24) is 9.80 Å².